The number of rotatable bonds is 7. The highest BCUT2D eigenvalue weighted by Crippen LogP contribution is 2.38. The van der Waals surface area contributed by atoms with Gasteiger partial charge in [0, 0.05) is 31.4 Å². The third kappa shape index (κ3) is 5.60. The first kappa shape index (κ1) is 24.6. The van der Waals surface area contributed by atoms with Gasteiger partial charge in [0.15, 0.2) is 22.8 Å². The maximum Gasteiger partial charge on any atom is 0.344 e. The minimum atomic E-state index is -1.10. The minimum absolute atomic E-state index is 0.210. The van der Waals surface area contributed by atoms with Crippen LogP contribution < -0.4 is 14.4 Å². The molecule has 184 valence electrons. The number of carbonyl (C=O) groups is 2. The van der Waals surface area contributed by atoms with Crippen molar-refractivity contribution in [2.75, 3.05) is 45.4 Å². The Hall–Kier alpha value is -3.50. The SMILES string of the molecule is COc1cccc(/C=C2\SC(=Nc3ccc(N4CCOCC4)cc3)N(C)C2=O)c1O[C@@H](C)C(=O)O. The Morgan fingerprint density at radius 2 is 1.91 bits per heavy atom. The Kier molecular flexibility index (Phi) is 7.62. The van der Waals surface area contributed by atoms with Crippen LogP contribution in [0.2, 0.25) is 0 Å². The fraction of sp³-hybridized carbons (Fsp3) is 0.320. The van der Waals surface area contributed by atoms with E-state index in [1.165, 1.54) is 30.7 Å². The van der Waals surface area contributed by atoms with E-state index in [1.54, 1.807) is 31.3 Å². The number of hydrogen-bond acceptors (Lipinski definition) is 8. The summed E-state index contributed by atoms with van der Waals surface area (Å²) in [6.45, 7) is 4.59. The predicted octanol–water partition coefficient (Wildman–Crippen LogP) is 3.62. The highest BCUT2D eigenvalue weighted by Gasteiger charge is 2.31. The second kappa shape index (κ2) is 10.8. The molecule has 0 saturated carbocycles. The molecule has 0 radical (unpaired) electrons. The van der Waals surface area contributed by atoms with Gasteiger partial charge in [0.25, 0.3) is 5.91 Å². The summed E-state index contributed by atoms with van der Waals surface area (Å²) >= 11 is 1.24. The van der Waals surface area contributed by atoms with Crippen LogP contribution >= 0.6 is 11.8 Å². The number of carbonyl (C=O) groups excluding carboxylic acids is 1. The molecule has 1 amide bonds. The Bertz CT molecular complexity index is 1160. The molecular formula is C25H27N3O6S. The van der Waals surface area contributed by atoms with E-state index < -0.39 is 12.1 Å². The number of benzene rings is 2. The number of carboxylic acid groups (broad SMARTS) is 1. The largest absolute Gasteiger partial charge is 0.493 e. The van der Waals surface area contributed by atoms with Gasteiger partial charge in [-0.3, -0.25) is 9.69 Å². The van der Waals surface area contributed by atoms with Gasteiger partial charge in [-0.15, -0.1) is 0 Å². The first-order valence-corrected chi connectivity index (χ1v) is 11.9. The van der Waals surface area contributed by atoms with Crippen molar-refractivity contribution in [3.8, 4) is 11.5 Å². The van der Waals surface area contributed by atoms with E-state index in [9.17, 15) is 14.7 Å². The summed E-state index contributed by atoms with van der Waals surface area (Å²) in [5.74, 6) is -0.670. The quantitative estimate of drug-likeness (QED) is 0.579. The molecule has 2 saturated heterocycles. The smallest absolute Gasteiger partial charge is 0.344 e. The van der Waals surface area contributed by atoms with Crippen molar-refractivity contribution in [2.24, 2.45) is 4.99 Å². The summed E-state index contributed by atoms with van der Waals surface area (Å²) in [7, 11) is 3.15. The van der Waals surface area contributed by atoms with Crippen molar-refractivity contribution < 1.29 is 28.9 Å². The topological polar surface area (TPSA) is 101 Å². The number of amides is 1. The van der Waals surface area contributed by atoms with Crippen LogP contribution in [0.25, 0.3) is 6.08 Å². The van der Waals surface area contributed by atoms with Crippen LogP contribution in [-0.2, 0) is 14.3 Å². The molecule has 0 spiro atoms. The molecule has 2 aromatic rings. The number of hydrogen-bond donors (Lipinski definition) is 1. The maximum absolute atomic E-state index is 12.9. The summed E-state index contributed by atoms with van der Waals surface area (Å²) in [6.07, 6.45) is 0.579. The Morgan fingerprint density at radius 3 is 2.57 bits per heavy atom. The van der Waals surface area contributed by atoms with E-state index in [4.69, 9.17) is 14.2 Å². The average Bonchev–Trinajstić information content (AvgIpc) is 3.13. The van der Waals surface area contributed by atoms with Crippen molar-refractivity contribution in [3.05, 3.63) is 52.9 Å². The molecule has 2 heterocycles. The second-order valence-electron chi connectivity index (χ2n) is 7.96. The number of methoxy groups -OCH3 is 1. The Labute approximate surface area is 208 Å². The molecule has 0 unspecified atom stereocenters. The third-order valence-electron chi connectivity index (χ3n) is 5.61. The lowest BCUT2D eigenvalue weighted by Crippen LogP contribution is -2.36. The number of amidine groups is 1. The molecule has 2 aliphatic rings. The van der Waals surface area contributed by atoms with Crippen molar-refractivity contribution in [1.29, 1.82) is 0 Å². The standard InChI is InChI=1S/C25H27N3O6S/c1-16(24(30)31)34-22-17(5-4-6-20(22)32-3)15-21-23(29)27(2)25(35-21)26-18-7-9-19(10-8-18)28-11-13-33-14-12-28/h4-10,15-16H,11-14H2,1-3H3,(H,30,31)/b21-15-,26-25?/t16-/m0/s1. The van der Waals surface area contributed by atoms with Gasteiger partial charge in [-0.25, -0.2) is 9.79 Å². The lowest BCUT2D eigenvalue weighted by Gasteiger charge is -2.28. The number of carboxylic acids is 1. The van der Waals surface area contributed by atoms with E-state index in [-0.39, 0.29) is 11.7 Å². The van der Waals surface area contributed by atoms with Gasteiger partial charge >= 0.3 is 5.97 Å². The molecule has 0 bridgehead atoms. The molecule has 4 rings (SSSR count). The van der Waals surface area contributed by atoms with Gasteiger partial charge in [0.1, 0.15) is 0 Å². The molecule has 0 aromatic heterocycles. The Balaban J connectivity index is 1.57. The van der Waals surface area contributed by atoms with Gasteiger partial charge in [0.05, 0.1) is 30.9 Å². The number of morpholine rings is 1. The highest BCUT2D eigenvalue weighted by molar-refractivity contribution is 8.18. The zero-order valence-electron chi connectivity index (χ0n) is 19.8. The Morgan fingerprint density at radius 1 is 1.20 bits per heavy atom. The zero-order valence-corrected chi connectivity index (χ0v) is 20.6. The van der Waals surface area contributed by atoms with Gasteiger partial charge in [-0.2, -0.15) is 0 Å². The van der Waals surface area contributed by atoms with Gasteiger partial charge < -0.3 is 24.2 Å². The first-order chi connectivity index (χ1) is 16.9. The van der Waals surface area contributed by atoms with Crippen LogP contribution in [0.5, 0.6) is 11.5 Å². The number of nitrogens with zero attached hydrogens (tertiary/aromatic N) is 3. The van der Waals surface area contributed by atoms with Gasteiger partial charge in [0.2, 0.25) is 0 Å². The van der Waals surface area contributed by atoms with E-state index in [0.717, 1.165) is 37.7 Å². The predicted molar refractivity (Wildman–Crippen MR) is 136 cm³/mol. The summed E-state index contributed by atoms with van der Waals surface area (Å²) in [5.41, 5.74) is 2.39. The summed E-state index contributed by atoms with van der Waals surface area (Å²) in [6, 6.07) is 13.1. The zero-order chi connectivity index (χ0) is 24.9. The second-order valence-corrected chi connectivity index (χ2v) is 8.97. The molecule has 1 N–H and O–H groups in total. The first-order valence-electron chi connectivity index (χ1n) is 11.1. The fourth-order valence-corrected chi connectivity index (χ4v) is 4.60. The molecule has 35 heavy (non-hydrogen) atoms. The van der Waals surface area contributed by atoms with E-state index in [2.05, 4.69) is 9.89 Å². The summed E-state index contributed by atoms with van der Waals surface area (Å²) in [4.78, 5) is 33.1. The molecule has 0 aliphatic carbocycles. The van der Waals surface area contributed by atoms with Gasteiger partial charge in [-0.1, -0.05) is 12.1 Å². The lowest BCUT2D eigenvalue weighted by molar-refractivity contribution is -0.144. The van der Waals surface area contributed by atoms with E-state index in [1.807, 2.05) is 24.3 Å². The van der Waals surface area contributed by atoms with Crippen molar-refractivity contribution in [1.82, 2.24) is 4.90 Å². The fourth-order valence-electron chi connectivity index (χ4n) is 3.62. The van der Waals surface area contributed by atoms with Gasteiger partial charge in [-0.05, 0) is 55.1 Å². The van der Waals surface area contributed by atoms with E-state index in [0.29, 0.717) is 21.4 Å². The van der Waals surface area contributed by atoms with Crippen molar-refractivity contribution in [2.45, 2.75) is 13.0 Å². The van der Waals surface area contributed by atoms with Crippen molar-refractivity contribution in [3.63, 3.8) is 0 Å². The summed E-state index contributed by atoms with van der Waals surface area (Å²) < 4.78 is 16.4. The summed E-state index contributed by atoms with van der Waals surface area (Å²) in [5, 5.41) is 9.80. The number of aliphatic carboxylic acids is 1. The van der Waals surface area contributed by atoms with Crippen LogP contribution in [0.1, 0.15) is 12.5 Å². The molecule has 10 heteroatoms. The number of ether oxygens (including phenoxy) is 3. The maximum atomic E-state index is 12.9. The average molecular weight is 498 g/mol. The van der Waals surface area contributed by atoms with Crippen LogP contribution in [0, 0.1) is 0 Å². The number of anilines is 1. The van der Waals surface area contributed by atoms with E-state index >= 15 is 0 Å². The van der Waals surface area contributed by atoms with Crippen LogP contribution in [0.3, 0.4) is 0 Å². The molecular weight excluding hydrogens is 470 g/mol. The molecule has 1 atom stereocenters. The molecule has 2 aliphatic heterocycles. The third-order valence-corrected chi connectivity index (χ3v) is 6.67. The molecule has 9 nitrogen and oxygen atoms in total. The number of aliphatic imine (C=N–C) groups is 1. The minimum Gasteiger partial charge on any atom is -0.493 e. The van der Waals surface area contributed by atoms with Crippen LogP contribution in [0.15, 0.2) is 52.4 Å². The molecule has 2 aromatic carbocycles. The van der Waals surface area contributed by atoms with Crippen LogP contribution in [0.4, 0.5) is 11.4 Å². The number of thioether (sulfide) groups is 1. The van der Waals surface area contributed by atoms with Crippen molar-refractivity contribution >= 4 is 46.3 Å². The lowest BCUT2D eigenvalue weighted by atomic mass is 10.1. The number of para-hydroxylation sites is 1. The molecule has 2 fully saturated rings. The van der Waals surface area contributed by atoms with Crippen LogP contribution in [-0.4, -0.2) is 73.6 Å². The number of likely N-dealkylation sites (N-methyl/N-ethyl adjacent to an activating group) is 1. The normalized spacial score (nSPS) is 19.3. The highest BCUT2D eigenvalue weighted by atomic mass is 32.2. The monoisotopic (exact) mass is 497 g/mol.